The summed E-state index contributed by atoms with van der Waals surface area (Å²) in [5.41, 5.74) is 0. The molecule has 1 atom stereocenters. The van der Waals surface area contributed by atoms with Crippen LogP contribution in [0.4, 0.5) is 0 Å². The van der Waals surface area contributed by atoms with E-state index in [1.165, 1.54) is 25.7 Å². The first-order valence-corrected chi connectivity index (χ1v) is 8.22. The van der Waals surface area contributed by atoms with E-state index in [1.807, 2.05) is 13.8 Å². The van der Waals surface area contributed by atoms with E-state index >= 15 is 0 Å². The summed E-state index contributed by atoms with van der Waals surface area (Å²) >= 11 is 0. The van der Waals surface area contributed by atoms with Crippen LogP contribution in [-0.4, -0.2) is 47.6 Å². The Bertz CT molecular complexity index is 323. The number of amides is 1. The van der Waals surface area contributed by atoms with Crippen LogP contribution in [0.5, 0.6) is 0 Å². The first-order chi connectivity index (χ1) is 9.99. The Morgan fingerprint density at radius 3 is 2.29 bits per heavy atom. The third-order valence-electron chi connectivity index (χ3n) is 4.12. The number of carbonyl (C=O) groups excluding carboxylic acids is 1. The molecule has 0 saturated carbocycles. The molecule has 122 valence electrons. The van der Waals surface area contributed by atoms with Crippen LogP contribution in [-0.2, 0) is 9.59 Å². The molecule has 1 rings (SSSR count). The van der Waals surface area contributed by atoms with Gasteiger partial charge >= 0.3 is 5.97 Å². The Balaban J connectivity index is 2.23. The molecule has 0 radical (unpaired) electrons. The van der Waals surface area contributed by atoms with Crippen LogP contribution in [0, 0.1) is 5.92 Å². The van der Waals surface area contributed by atoms with Gasteiger partial charge in [0.15, 0.2) is 0 Å². The molecule has 2 N–H and O–H groups in total. The summed E-state index contributed by atoms with van der Waals surface area (Å²) < 4.78 is 0. The fourth-order valence-corrected chi connectivity index (χ4v) is 2.74. The number of carboxylic acid groups (broad SMARTS) is 1. The van der Waals surface area contributed by atoms with Crippen molar-refractivity contribution in [3.05, 3.63) is 0 Å². The first-order valence-electron chi connectivity index (χ1n) is 8.22. The zero-order valence-electron chi connectivity index (χ0n) is 13.4. The van der Waals surface area contributed by atoms with Crippen LogP contribution in [0.2, 0.25) is 0 Å². The Hall–Kier alpha value is -1.10. The predicted octanol–water partition coefficient (Wildman–Crippen LogP) is 2.26. The molecule has 1 heterocycles. The highest BCUT2D eigenvalue weighted by atomic mass is 16.4. The summed E-state index contributed by atoms with van der Waals surface area (Å²) in [5, 5.41) is 11.7. The Kier molecular flexibility index (Phi) is 8.35. The third-order valence-corrected chi connectivity index (χ3v) is 4.12. The molecule has 1 aliphatic rings. The molecule has 0 aromatic heterocycles. The Morgan fingerprint density at radius 1 is 1.14 bits per heavy atom. The van der Waals surface area contributed by atoms with E-state index < -0.39 is 5.97 Å². The second kappa shape index (κ2) is 9.77. The lowest BCUT2D eigenvalue weighted by Crippen LogP contribution is -2.40. The van der Waals surface area contributed by atoms with Gasteiger partial charge in [0, 0.05) is 12.5 Å². The number of aliphatic carboxylic acids is 1. The van der Waals surface area contributed by atoms with Crippen molar-refractivity contribution in [1.82, 2.24) is 10.2 Å². The number of carboxylic acids is 1. The SMILES string of the molecule is CC(C)C(CC(=O)O)NC(=O)CCCN1CCCCCC1. The molecule has 1 fully saturated rings. The van der Waals surface area contributed by atoms with E-state index in [9.17, 15) is 9.59 Å². The van der Waals surface area contributed by atoms with Gasteiger partial charge in [0.1, 0.15) is 0 Å². The summed E-state index contributed by atoms with van der Waals surface area (Å²) in [7, 11) is 0. The molecule has 0 bridgehead atoms. The first kappa shape index (κ1) is 18.0. The zero-order valence-corrected chi connectivity index (χ0v) is 13.4. The van der Waals surface area contributed by atoms with Crippen molar-refractivity contribution in [2.45, 2.75) is 64.8 Å². The summed E-state index contributed by atoms with van der Waals surface area (Å²) in [6.07, 6.45) is 6.50. The monoisotopic (exact) mass is 298 g/mol. The van der Waals surface area contributed by atoms with E-state index in [0.717, 1.165) is 26.1 Å². The minimum atomic E-state index is -0.862. The summed E-state index contributed by atoms with van der Waals surface area (Å²) in [4.78, 5) is 25.2. The maximum atomic E-state index is 11.9. The van der Waals surface area contributed by atoms with Gasteiger partial charge in [-0.1, -0.05) is 26.7 Å². The van der Waals surface area contributed by atoms with Crippen molar-refractivity contribution < 1.29 is 14.7 Å². The van der Waals surface area contributed by atoms with Crippen LogP contribution in [0.1, 0.15) is 58.8 Å². The molecule has 1 aliphatic heterocycles. The third kappa shape index (κ3) is 8.05. The second-order valence-corrected chi connectivity index (χ2v) is 6.38. The van der Waals surface area contributed by atoms with Crippen LogP contribution in [0.15, 0.2) is 0 Å². The fraction of sp³-hybridized carbons (Fsp3) is 0.875. The number of likely N-dealkylation sites (tertiary alicyclic amines) is 1. The van der Waals surface area contributed by atoms with E-state index in [0.29, 0.717) is 6.42 Å². The average molecular weight is 298 g/mol. The van der Waals surface area contributed by atoms with Crippen LogP contribution in [0.25, 0.3) is 0 Å². The predicted molar refractivity (Wildman–Crippen MR) is 83.2 cm³/mol. The topological polar surface area (TPSA) is 69.6 Å². The van der Waals surface area contributed by atoms with Crippen molar-refractivity contribution in [2.75, 3.05) is 19.6 Å². The van der Waals surface area contributed by atoms with Gasteiger partial charge in [-0.2, -0.15) is 0 Å². The van der Waals surface area contributed by atoms with Crippen LogP contribution >= 0.6 is 0 Å². The van der Waals surface area contributed by atoms with Gasteiger partial charge < -0.3 is 15.3 Å². The standard InChI is InChI=1S/C16H30N2O3/c1-13(2)14(12-16(20)21)17-15(19)8-7-11-18-9-5-3-4-6-10-18/h13-14H,3-12H2,1-2H3,(H,17,19)(H,20,21). The van der Waals surface area contributed by atoms with Crippen molar-refractivity contribution in [3.63, 3.8) is 0 Å². The molecule has 1 amide bonds. The number of nitrogens with zero attached hydrogens (tertiary/aromatic N) is 1. The number of rotatable bonds is 8. The minimum Gasteiger partial charge on any atom is -0.481 e. The van der Waals surface area contributed by atoms with Gasteiger partial charge in [-0.25, -0.2) is 0 Å². The maximum absolute atomic E-state index is 11.9. The van der Waals surface area contributed by atoms with Crippen LogP contribution in [0.3, 0.4) is 0 Å². The number of hydrogen-bond donors (Lipinski definition) is 2. The molecular formula is C16H30N2O3. The van der Waals surface area contributed by atoms with E-state index in [4.69, 9.17) is 5.11 Å². The van der Waals surface area contributed by atoms with Crippen molar-refractivity contribution in [3.8, 4) is 0 Å². The minimum absolute atomic E-state index is 0.00443. The molecule has 1 saturated heterocycles. The van der Waals surface area contributed by atoms with Crippen LogP contribution < -0.4 is 5.32 Å². The van der Waals surface area contributed by atoms with Crippen molar-refractivity contribution in [2.24, 2.45) is 5.92 Å². The molecule has 21 heavy (non-hydrogen) atoms. The van der Waals surface area contributed by atoms with Gasteiger partial charge in [0.2, 0.25) is 5.91 Å². The van der Waals surface area contributed by atoms with Gasteiger partial charge in [0.05, 0.1) is 6.42 Å². The second-order valence-electron chi connectivity index (χ2n) is 6.38. The quantitative estimate of drug-likeness (QED) is 0.721. The largest absolute Gasteiger partial charge is 0.481 e. The smallest absolute Gasteiger partial charge is 0.305 e. The normalized spacial score (nSPS) is 18.2. The fourth-order valence-electron chi connectivity index (χ4n) is 2.74. The molecule has 1 unspecified atom stereocenters. The van der Waals surface area contributed by atoms with Gasteiger partial charge in [-0.3, -0.25) is 9.59 Å². The summed E-state index contributed by atoms with van der Waals surface area (Å²) in [5.74, 6) is -0.751. The highest BCUT2D eigenvalue weighted by Gasteiger charge is 2.19. The highest BCUT2D eigenvalue weighted by Crippen LogP contribution is 2.11. The Labute approximate surface area is 128 Å². The summed E-state index contributed by atoms with van der Waals surface area (Å²) in [6, 6.07) is -0.270. The lowest BCUT2D eigenvalue weighted by molar-refractivity contribution is -0.138. The van der Waals surface area contributed by atoms with E-state index in [-0.39, 0.29) is 24.3 Å². The molecule has 0 aromatic carbocycles. The number of hydrogen-bond acceptors (Lipinski definition) is 3. The number of nitrogens with one attached hydrogen (secondary N) is 1. The van der Waals surface area contributed by atoms with Crippen molar-refractivity contribution in [1.29, 1.82) is 0 Å². The molecule has 5 nitrogen and oxygen atoms in total. The van der Waals surface area contributed by atoms with E-state index in [1.54, 1.807) is 0 Å². The van der Waals surface area contributed by atoms with E-state index in [2.05, 4.69) is 10.2 Å². The molecular weight excluding hydrogens is 268 g/mol. The lowest BCUT2D eigenvalue weighted by Gasteiger charge is -2.22. The maximum Gasteiger partial charge on any atom is 0.305 e. The van der Waals surface area contributed by atoms with Gasteiger partial charge in [0.25, 0.3) is 0 Å². The summed E-state index contributed by atoms with van der Waals surface area (Å²) in [6.45, 7) is 7.14. The number of carbonyl (C=O) groups is 2. The molecule has 0 aromatic rings. The van der Waals surface area contributed by atoms with Gasteiger partial charge in [-0.05, 0) is 44.8 Å². The molecule has 5 heteroatoms. The highest BCUT2D eigenvalue weighted by molar-refractivity contribution is 5.77. The van der Waals surface area contributed by atoms with Gasteiger partial charge in [-0.15, -0.1) is 0 Å². The van der Waals surface area contributed by atoms with Crippen molar-refractivity contribution >= 4 is 11.9 Å². The average Bonchev–Trinajstić information content (AvgIpc) is 2.66. The lowest BCUT2D eigenvalue weighted by atomic mass is 10.0. The zero-order chi connectivity index (χ0) is 15.7. The molecule has 0 aliphatic carbocycles. The Morgan fingerprint density at radius 2 is 1.76 bits per heavy atom. The molecule has 0 spiro atoms.